The lowest BCUT2D eigenvalue weighted by Gasteiger charge is -2.21. The van der Waals surface area contributed by atoms with Gasteiger partial charge in [0.15, 0.2) is 5.65 Å². The number of rotatable bonds is 5. The number of carbonyl (C=O) groups is 2. The minimum absolute atomic E-state index is 0.00537. The molecule has 3 aromatic heterocycles. The smallest absolute Gasteiger partial charge is 0.411 e. The van der Waals surface area contributed by atoms with Crippen LogP contribution >= 0.6 is 0 Å². The molecule has 3 heterocycles. The average Bonchev–Trinajstić information content (AvgIpc) is 3.14. The van der Waals surface area contributed by atoms with Crippen molar-refractivity contribution in [1.29, 1.82) is 0 Å². The summed E-state index contributed by atoms with van der Waals surface area (Å²) >= 11 is 0. The SMILES string of the molecule is CC(=O)N(Cc1cccnc1)c1ccc(-c2cccc3nc(NC(=O)O)nn23)cc1. The molecule has 0 aliphatic heterocycles. The molecule has 4 rings (SSSR count). The van der Waals surface area contributed by atoms with Crippen molar-refractivity contribution in [3.05, 3.63) is 72.6 Å². The number of carbonyl (C=O) groups excluding carboxylic acids is 1. The molecule has 0 atom stereocenters. The fourth-order valence-electron chi connectivity index (χ4n) is 3.14. The summed E-state index contributed by atoms with van der Waals surface area (Å²) < 4.78 is 1.57. The highest BCUT2D eigenvalue weighted by Gasteiger charge is 2.14. The molecule has 2 amide bonds. The molecule has 150 valence electrons. The summed E-state index contributed by atoms with van der Waals surface area (Å²) in [5.41, 5.74) is 3.80. The Kier molecular flexibility index (Phi) is 5.08. The van der Waals surface area contributed by atoms with Gasteiger partial charge in [-0.25, -0.2) is 9.31 Å². The van der Waals surface area contributed by atoms with Crippen molar-refractivity contribution in [1.82, 2.24) is 19.6 Å². The summed E-state index contributed by atoms with van der Waals surface area (Å²) in [6, 6.07) is 16.7. The van der Waals surface area contributed by atoms with Gasteiger partial charge < -0.3 is 10.0 Å². The predicted molar refractivity (Wildman–Crippen MR) is 111 cm³/mol. The molecular weight excluding hydrogens is 384 g/mol. The largest absolute Gasteiger partial charge is 0.465 e. The van der Waals surface area contributed by atoms with Crippen molar-refractivity contribution in [2.45, 2.75) is 13.5 Å². The van der Waals surface area contributed by atoms with Crippen molar-refractivity contribution in [2.24, 2.45) is 0 Å². The molecule has 0 aliphatic rings. The van der Waals surface area contributed by atoms with Crippen LogP contribution < -0.4 is 10.2 Å². The van der Waals surface area contributed by atoms with Crippen LogP contribution in [0.4, 0.5) is 16.4 Å². The van der Waals surface area contributed by atoms with E-state index in [1.807, 2.05) is 48.5 Å². The van der Waals surface area contributed by atoms with Gasteiger partial charge in [-0.05, 0) is 35.9 Å². The van der Waals surface area contributed by atoms with Crippen LogP contribution in [-0.2, 0) is 11.3 Å². The van der Waals surface area contributed by atoms with Crippen molar-refractivity contribution in [2.75, 3.05) is 10.2 Å². The fraction of sp³-hybridized carbons (Fsp3) is 0.0952. The molecule has 0 radical (unpaired) electrons. The molecule has 0 saturated carbocycles. The molecule has 0 unspecified atom stereocenters. The molecule has 9 nitrogen and oxygen atoms in total. The molecule has 0 bridgehead atoms. The minimum Gasteiger partial charge on any atom is -0.465 e. The Labute approximate surface area is 171 Å². The van der Waals surface area contributed by atoms with E-state index in [0.29, 0.717) is 12.2 Å². The van der Waals surface area contributed by atoms with E-state index in [-0.39, 0.29) is 11.9 Å². The summed E-state index contributed by atoms with van der Waals surface area (Å²) in [5.74, 6) is -0.0693. The Morgan fingerprint density at radius 3 is 2.57 bits per heavy atom. The third-order valence-electron chi connectivity index (χ3n) is 4.50. The lowest BCUT2D eigenvalue weighted by Crippen LogP contribution is -2.27. The van der Waals surface area contributed by atoms with E-state index in [9.17, 15) is 9.59 Å². The van der Waals surface area contributed by atoms with Crippen LogP contribution in [0.3, 0.4) is 0 Å². The predicted octanol–water partition coefficient (Wildman–Crippen LogP) is 3.43. The second kappa shape index (κ2) is 8.00. The van der Waals surface area contributed by atoms with Gasteiger partial charge in [0, 0.05) is 30.6 Å². The second-order valence-electron chi connectivity index (χ2n) is 6.56. The third kappa shape index (κ3) is 3.95. The number of pyridine rings is 2. The Morgan fingerprint density at radius 1 is 1.10 bits per heavy atom. The van der Waals surface area contributed by atoms with Crippen molar-refractivity contribution in [3.8, 4) is 11.3 Å². The van der Waals surface area contributed by atoms with E-state index in [1.165, 1.54) is 6.92 Å². The van der Waals surface area contributed by atoms with E-state index in [0.717, 1.165) is 22.5 Å². The van der Waals surface area contributed by atoms with Gasteiger partial charge in [0.25, 0.3) is 5.95 Å². The molecule has 0 fully saturated rings. The monoisotopic (exact) mass is 402 g/mol. The molecule has 0 saturated heterocycles. The number of hydrogen-bond donors (Lipinski definition) is 2. The van der Waals surface area contributed by atoms with Crippen molar-refractivity contribution in [3.63, 3.8) is 0 Å². The van der Waals surface area contributed by atoms with Crippen molar-refractivity contribution < 1.29 is 14.7 Å². The molecule has 0 spiro atoms. The normalized spacial score (nSPS) is 10.7. The molecule has 2 N–H and O–H groups in total. The number of amides is 2. The summed E-state index contributed by atoms with van der Waals surface area (Å²) in [6.45, 7) is 1.95. The molecule has 30 heavy (non-hydrogen) atoms. The summed E-state index contributed by atoms with van der Waals surface area (Å²) in [4.78, 5) is 33.0. The van der Waals surface area contributed by atoms with E-state index < -0.39 is 6.09 Å². The number of fused-ring (bicyclic) bond motifs is 1. The Bertz CT molecular complexity index is 1200. The first-order chi connectivity index (χ1) is 14.5. The van der Waals surface area contributed by atoms with Gasteiger partial charge in [-0.2, -0.15) is 4.98 Å². The highest BCUT2D eigenvalue weighted by Crippen LogP contribution is 2.25. The lowest BCUT2D eigenvalue weighted by molar-refractivity contribution is -0.116. The van der Waals surface area contributed by atoms with Gasteiger partial charge in [-0.15, -0.1) is 5.10 Å². The average molecular weight is 402 g/mol. The number of hydrogen-bond acceptors (Lipinski definition) is 5. The Balaban J connectivity index is 1.65. The topological polar surface area (TPSA) is 113 Å². The molecule has 4 aromatic rings. The Hall–Kier alpha value is -4.27. The quantitative estimate of drug-likeness (QED) is 0.529. The molecule has 1 aromatic carbocycles. The molecule has 9 heteroatoms. The highest BCUT2D eigenvalue weighted by molar-refractivity contribution is 5.91. The van der Waals surface area contributed by atoms with E-state index >= 15 is 0 Å². The van der Waals surface area contributed by atoms with E-state index in [1.54, 1.807) is 27.9 Å². The van der Waals surface area contributed by atoms with Crippen LogP contribution in [0.25, 0.3) is 16.9 Å². The maximum atomic E-state index is 12.2. The number of nitrogens with one attached hydrogen (secondary N) is 1. The maximum absolute atomic E-state index is 12.2. The van der Waals surface area contributed by atoms with E-state index in [4.69, 9.17) is 5.11 Å². The molecular formula is C21H18N6O3. The van der Waals surface area contributed by atoms with Crippen molar-refractivity contribution >= 4 is 29.3 Å². The van der Waals surface area contributed by atoms with Gasteiger partial charge in [0.1, 0.15) is 0 Å². The zero-order valence-corrected chi connectivity index (χ0v) is 16.1. The van der Waals surface area contributed by atoms with Crippen LogP contribution in [-0.4, -0.2) is 36.7 Å². The summed E-state index contributed by atoms with van der Waals surface area (Å²) in [7, 11) is 0. The second-order valence-corrected chi connectivity index (χ2v) is 6.56. The van der Waals surface area contributed by atoms with Gasteiger partial charge in [-0.3, -0.25) is 15.1 Å². The third-order valence-corrected chi connectivity index (χ3v) is 4.50. The van der Waals surface area contributed by atoms with Gasteiger partial charge >= 0.3 is 6.09 Å². The maximum Gasteiger partial charge on any atom is 0.411 e. The first kappa shape index (κ1) is 19.1. The number of carboxylic acid groups (broad SMARTS) is 1. The van der Waals surface area contributed by atoms with Crippen LogP contribution in [0.5, 0.6) is 0 Å². The standard InChI is InChI=1S/C21H18N6O3/c1-14(28)26(13-15-4-3-11-22-12-15)17-9-7-16(8-10-17)18-5-2-6-19-23-20(24-21(29)30)25-27(18)19/h2-12H,13H2,1H3,(H,24,25)(H,29,30). The molecule has 0 aliphatic carbocycles. The van der Waals surface area contributed by atoms with Crippen LogP contribution in [0.2, 0.25) is 0 Å². The number of benzene rings is 1. The summed E-state index contributed by atoms with van der Waals surface area (Å²) in [5, 5.41) is 15.2. The van der Waals surface area contributed by atoms with Crippen LogP contribution in [0.1, 0.15) is 12.5 Å². The number of aromatic nitrogens is 4. The highest BCUT2D eigenvalue weighted by atomic mass is 16.4. The first-order valence-electron chi connectivity index (χ1n) is 9.14. The van der Waals surface area contributed by atoms with E-state index in [2.05, 4.69) is 20.4 Å². The van der Waals surface area contributed by atoms with Gasteiger partial charge in [0.2, 0.25) is 5.91 Å². The zero-order chi connectivity index (χ0) is 21.1. The van der Waals surface area contributed by atoms with Gasteiger partial charge in [-0.1, -0.05) is 24.3 Å². The first-order valence-corrected chi connectivity index (χ1v) is 9.14. The fourth-order valence-corrected chi connectivity index (χ4v) is 3.14. The van der Waals surface area contributed by atoms with Gasteiger partial charge in [0.05, 0.1) is 12.2 Å². The Morgan fingerprint density at radius 2 is 1.90 bits per heavy atom. The number of anilines is 2. The zero-order valence-electron chi connectivity index (χ0n) is 16.1. The van der Waals surface area contributed by atoms with Crippen LogP contribution in [0.15, 0.2) is 67.0 Å². The lowest BCUT2D eigenvalue weighted by atomic mass is 10.1. The number of nitrogens with zero attached hydrogens (tertiary/aromatic N) is 5. The van der Waals surface area contributed by atoms with Crippen LogP contribution in [0, 0.1) is 0 Å². The summed E-state index contributed by atoms with van der Waals surface area (Å²) in [6.07, 6.45) is 2.20. The minimum atomic E-state index is -1.23.